The number of thioether (sulfide) groups is 1. The Balaban J connectivity index is 1.67. The molecule has 3 rings (SSSR count). The zero-order valence-electron chi connectivity index (χ0n) is 15.9. The van der Waals surface area contributed by atoms with Crippen molar-refractivity contribution in [3.63, 3.8) is 0 Å². The first-order valence-electron chi connectivity index (χ1n) is 8.87. The summed E-state index contributed by atoms with van der Waals surface area (Å²) in [5.74, 6) is 0.232. The summed E-state index contributed by atoms with van der Waals surface area (Å²) in [4.78, 5) is 24.0. The maximum Gasteiger partial charge on any atom is 0.234 e. The number of Topliss-reactive ketones (excluding diaryl/α,β-unsaturated/α-hetero) is 1. The highest BCUT2D eigenvalue weighted by atomic mass is 32.2. The number of aromatic nitrogens is 4. The zero-order valence-corrected chi connectivity index (χ0v) is 16.7. The maximum absolute atomic E-state index is 12.3. The van der Waals surface area contributed by atoms with E-state index in [0.717, 1.165) is 5.69 Å². The van der Waals surface area contributed by atoms with E-state index in [1.165, 1.54) is 24.2 Å². The van der Waals surface area contributed by atoms with Gasteiger partial charge in [0.2, 0.25) is 11.1 Å². The van der Waals surface area contributed by atoms with Crippen LogP contribution in [0.5, 0.6) is 0 Å². The average Bonchev–Trinajstić information content (AvgIpc) is 3.15. The molecular formula is C20H21N5O2S. The second kappa shape index (κ2) is 8.79. The number of nitrogens with zero attached hydrogens (tertiary/aromatic N) is 4. The lowest BCUT2D eigenvalue weighted by atomic mass is 10.0. The van der Waals surface area contributed by atoms with E-state index >= 15 is 0 Å². The van der Waals surface area contributed by atoms with Crippen molar-refractivity contribution in [1.82, 2.24) is 20.2 Å². The monoisotopic (exact) mass is 395 g/mol. The van der Waals surface area contributed by atoms with Gasteiger partial charge >= 0.3 is 0 Å². The predicted molar refractivity (Wildman–Crippen MR) is 109 cm³/mol. The van der Waals surface area contributed by atoms with Crippen molar-refractivity contribution in [2.24, 2.45) is 0 Å². The molecule has 144 valence electrons. The van der Waals surface area contributed by atoms with E-state index in [4.69, 9.17) is 0 Å². The first-order valence-corrected chi connectivity index (χ1v) is 9.85. The number of amides is 1. The molecular weight excluding hydrogens is 374 g/mol. The van der Waals surface area contributed by atoms with Crippen LogP contribution in [0.15, 0.2) is 53.7 Å². The Morgan fingerprint density at radius 2 is 1.82 bits per heavy atom. The number of para-hydroxylation sites is 1. The van der Waals surface area contributed by atoms with Crippen LogP contribution in [0.25, 0.3) is 5.69 Å². The molecule has 8 heteroatoms. The minimum absolute atomic E-state index is 0.0997. The summed E-state index contributed by atoms with van der Waals surface area (Å²) < 4.78 is 1.60. The highest BCUT2D eigenvalue weighted by Gasteiger charge is 2.14. The Morgan fingerprint density at radius 3 is 2.50 bits per heavy atom. The van der Waals surface area contributed by atoms with Gasteiger partial charge in [0.05, 0.1) is 17.1 Å². The first-order chi connectivity index (χ1) is 13.5. The molecule has 0 radical (unpaired) electrons. The number of anilines is 1. The number of benzene rings is 2. The highest BCUT2D eigenvalue weighted by Crippen LogP contribution is 2.22. The van der Waals surface area contributed by atoms with Gasteiger partial charge in [0.15, 0.2) is 5.78 Å². The fourth-order valence-corrected chi connectivity index (χ4v) is 3.34. The molecule has 1 aromatic heterocycles. The van der Waals surface area contributed by atoms with Crippen LogP contribution in [-0.4, -0.2) is 37.7 Å². The van der Waals surface area contributed by atoms with Crippen LogP contribution < -0.4 is 5.32 Å². The van der Waals surface area contributed by atoms with Gasteiger partial charge in [-0.05, 0) is 53.1 Å². The third kappa shape index (κ3) is 4.64. The predicted octanol–water partition coefficient (Wildman–Crippen LogP) is 3.72. The number of carbonyl (C=O) groups is 2. The molecule has 2 aromatic carbocycles. The van der Waals surface area contributed by atoms with Gasteiger partial charge in [0, 0.05) is 5.56 Å². The van der Waals surface area contributed by atoms with Crippen molar-refractivity contribution in [3.8, 4) is 5.69 Å². The van der Waals surface area contributed by atoms with Gasteiger partial charge in [-0.3, -0.25) is 9.59 Å². The summed E-state index contributed by atoms with van der Waals surface area (Å²) in [6.45, 7) is 5.74. The van der Waals surface area contributed by atoms with Crippen molar-refractivity contribution in [2.45, 2.75) is 31.8 Å². The van der Waals surface area contributed by atoms with Crippen LogP contribution in [0.2, 0.25) is 0 Å². The average molecular weight is 395 g/mol. The quantitative estimate of drug-likeness (QED) is 0.484. The van der Waals surface area contributed by atoms with Gasteiger partial charge in [-0.2, -0.15) is 4.68 Å². The van der Waals surface area contributed by atoms with E-state index in [9.17, 15) is 9.59 Å². The molecule has 0 aliphatic heterocycles. The lowest BCUT2D eigenvalue weighted by Crippen LogP contribution is -2.16. The standard InChI is InChI=1S/C20H21N5O2S/c1-13(2)15-8-10-16(11-9-15)25-20(22-23-24-25)28-12-19(27)21-18-7-5-4-6-17(18)14(3)26/h4-11,13H,12H2,1-3H3,(H,21,27). The topological polar surface area (TPSA) is 89.8 Å². The molecule has 1 amide bonds. The van der Waals surface area contributed by atoms with Crippen molar-refractivity contribution >= 4 is 29.1 Å². The molecule has 0 fully saturated rings. The minimum Gasteiger partial charge on any atom is -0.325 e. The van der Waals surface area contributed by atoms with Crippen LogP contribution >= 0.6 is 11.8 Å². The molecule has 1 N–H and O–H groups in total. The molecule has 28 heavy (non-hydrogen) atoms. The number of tetrazole rings is 1. The number of carbonyl (C=O) groups excluding carboxylic acids is 2. The van der Waals surface area contributed by atoms with Gasteiger partial charge in [0.25, 0.3) is 0 Å². The van der Waals surface area contributed by atoms with Crippen molar-refractivity contribution < 1.29 is 9.59 Å². The van der Waals surface area contributed by atoms with Gasteiger partial charge in [-0.25, -0.2) is 0 Å². The third-order valence-electron chi connectivity index (χ3n) is 4.16. The maximum atomic E-state index is 12.3. The Labute approximate surface area is 167 Å². The van der Waals surface area contributed by atoms with E-state index in [2.05, 4.69) is 34.7 Å². The molecule has 0 unspecified atom stereocenters. The Morgan fingerprint density at radius 1 is 1.11 bits per heavy atom. The van der Waals surface area contributed by atoms with Gasteiger partial charge in [0.1, 0.15) is 0 Å². The molecule has 0 aliphatic carbocycles. The third-order valence-corrected chi connectivity index (χ3v) is 5.08. The summed E-state index contributed by atoms with van der Waals surface area (Å²) in [5.41, 5.74) is 3.05. The van der Waals surface area contributed by atoms with Gasteiger partial charge in [-0.1, -0.05) is 49.9 Å². The fourth-order valence-electron chi connectivity index (χ4n) is 2.65. The molecule has 0 atom stereocenters. The van der Waals surface area contributed by atoms with E-state index in [0.29, 0.717) is 22.3 Å². The van der Waals surface area contributed by atoms with Crippen LogP contribution in [0.3, 0.4) is 0 Å². The second-order valence-corrected chi connectivity index (χ2v) is 7.50. The molecule has 0 aliphatic rings. The number of hydrogen-bond donors (Lipinski definition) is 1. The Bertz CT molecular complexity index is 982. The van der Waals surface area contributed by atoms with Crippen LogP contribution in [0.4, 0.5) is 5.69 Å². The number of hydrogen-bond acceptors (Lipinski definition) is 6. The van der Waals surface area contributed by atoms with Crippen molar-refractivity contribution in [1.29, 1.82) is 0 Å². The zero-order chi connectivity index (χ0) is 20.1. The summed E-state index contributed by atoms with van der Waals surface area (Å²) >= 11 is 1.23. The highest BCUT2D eigenvalue weighted by molar-refractivity contribution is 7.99. The largest absolute Gasteiger partial charge is 0.325 e. The molecule has 0 saturated carbocycles. The van der Waals surface area contributed by atoms with E-state index < -0.39 is 0 Å². The lowest BCUT2D eigenvalue weighted by molar-refractivity contribution is -0.113. The molecule has 1 heterocycles. The van der Waals surface area contributed by atoms with E-state index in [1.54, 1.807) is 28.9 Å². The molecule has 3 aromatic rings. The summed E-state index contributed by atoms with van der Waals surface area (Å²) in [6.07, 6.45) is 0. The normalized spacial score (nSPS) is 10.9. The smallest absolute Gasteiger partial charge is 0.234 e. The Kier molecular flexibility index (Phi) is 6.20. The number of rotatable bonds is 7. The fraction of sp³-hybridized carbons (Fsp3) is 0.250. The lowest BCUT2D eigenvalue weighted by Gasteiger charge is -2.09. The molecule has 0 bridgehead atoms. The molecule has 0 saturated heterocycles. The number of nitrogens with one attached hydrogen (secondary N) is 1. The molecule has 0 spiro atoms. The Hall–Kier alpha value is -3.00. The molecule has 7 nitrogen and oxygen atoms in total. The van der Waals surface area contributed by atoms with Crippen LogP contribution in [-0.2, 0) is 4.79 Å². The van der Waals surface area contributed by atoms with Crippen molar-refractivity contribution in [3.05, 3.63) is 59.7 Å². The summed E-state index contributed by atoms with van der Waals surface area (Å²) in [7, 11) is 0. The minimum atomic E-state index is -0.233. The van der Waals surface area contributed by atoms with Gasteiger partial charge in [-0.15, -0.1) is 5.10 Å². The van der Waals surface area contributed by atoms with E-state index in [1.807, 2.05) is 24.3 Å². The van der Waals surface area contributed by atoms with Crippen molar-refractivity contribution in [2.75, 3.05) is 11.1 Å². The summed E-state index contributed by atoms with van der Waals surface area (Å²) in [6, 6.07) is 14.9. The van der Waals surface area contributed by atoms with Crippen LogP contribution in [0.1, 0.15) is 42.6 Å². The second-order valence-electron chi connectivity index (χ2n) is 6.56. The van der Waals surface area contributed by atoms with Crippen LogP contribution in [0, 0.1) is 0 Å². The summed E-state index contributed by atoms with van der Waals surface area (Å²) in [5, 5.41) is 15.0. The number of ketones is 1. The first kappa shape index (κ1) is 19.8. The van der Waals surface area contributed by atoms with Gasteiger partial charge < -0.3 is 5.32 Å². The SMILES string of the molecule is CC(=O)c1ccccc1NC(=O)CSc1nnnn1-c1ccc(C(C)C)cc1. The van der Waals surface area contributed by atoms with E-state index in [-0.39, 0.29) is 17.4 Å².